The van der Waals surface area contributed by atoms with E-state index in [4.69, 9.17) is 0 Å². The minimum atomic E-state index is 0.226. The molecule has 29 heavy (non-hydrogen) atoms. The molecule has 0 aliphatic carbocycles. The predicted molar refractivity (Wildman–Crippen MR) is 127 cm³/mol. The molecule has 0 saturated heterocycles. The van der Waals surface area contributed by atoms with Crippen LogP contribution in [0.15, 0.2) is 23.8 Å². The molecule has 2 nitrogen and oxygen atoms in total. The van der Waals surface area contributed by atoms with Crippen LogP contribution in [0.5, 0.6) is 11.5 Å². The number of aromatic hydroxyl groups is 2. The van der Waals surface area contributed by atoms with E-state index in [0.29, 0.717) is 12.2 Å². The van der Waals surface area contributed by atoms with Crippen LogP contribution in [0.3, 0.4) is 0 Å². The van der Waals surface area contributed by atoms with Crippen molar-refractivity contribution in [2.45, 2.75) is 106 Å². The molecule has 166 valence electrons. The molecule has 2 unspecified atom stereocenters. The molecule has 0 fully saturated rings. The quantitative estimate of drug-likeness (QED) is 0.242. The molecule has 1 aromatic carbocycles. The van der Waals surface area contributed by atoms with Crippen LogP contribution in [0.25, 0.3) is 0 Å². The molecule has 0 heterocycles. The zero-order valence-corrected chi connectivity index (χ0v) is 19.9. The summed E-state index contributed by atoms with van der Waals surface area (Å²) in [6.07, 6.45) is 14.8. The average molecular weight is 403 g/mol. The summed E-state index contributed by atoms with van der Waals surface area (Å²) in [4.78, 5) is 0. The summed E-state index contributed by atoms with van der Waals surface area (Å²) in [5, 5.41) is 19.9. The van der Waals surface area contributed by atoms with E-state index >= 15 is 0 Å². The van der Waals surface area contributed by atoms with Crippen LogP contribution in [0, 0.1) is 24.7 Å². The van der Waals surface area contributed by atoms with Gasteiger partial charge in [0.05, 0.1) is 0 Å². The average Bonchev–Trinajstić information content (AvgIpc) is 2.63. The third kappa shape index (κ3) is 11.4. The van der Waals surface area contributed by atoms with Crippen molar-refractivity contribution in [1.82, 2.24) is 0 Å². The molecule has 2 atom stereocenters. The number of benzene rings is 1. The maximum atomic E-state index is 10.1. The lowest BCUT2D eigenvalue weighted by Gasteiger charge is -2.15. The first-order valence-corrected chi connectivity index (χ1v) is 11.9. The SMILES string of the molecule is C/C(=C\Cc1cc(O)cc(C)c1O)CCCC(C)CCCC(C)CCCC(C)C. The summed E-state index contributed by atoms with van der Waals surface area (Å²) in [6.45, 7) is 13.5. The van der Waals surface area contributed by atoms with E-state index in [0.717, 1.165) is 35.3 Å². The molecule has 1 rings (SSSR count). The molecule has 0 amide bonds. The van der Waals surface area contributed by atoms with Crippen molar-refractivity contribution in [3.05, 3.63) is 34.9 Å². The van der Waals surface area contributed by atoms with Crippen LogP contribution in [0.2, 0.25) is 0 Å². The zero-order chi connectivity index (χ0) is 21.8. The van der Waals surface area contributed by atoms with Crippen molar-refractivity contribution in [2.75, 3.05) is 0 Å². The van der Waals surface area contributed by atoms with Gasteiger partial charge in [0, 0.05) is 5.56 Å². The summed E-state index contributed by atoms with van der Waals surface area (Å²) >= 11 is 0. The van der Waals surface area contributed by atoms with Gasteiger partial charge in [0.15, 0.2) is 0 Å². The van der Waals surface area contributed by atoms with E-state index in [2.05, 4.69) is 40.7 Å². The molecule has 0 bridgehead atoms. The molecule has 0 aromatic heterocycles. The van der Waals surface area contributed by atoms with Crippen LogP contribution < -0.4 is 0 Å². The molecule has 0 aliphatic heterocycles. The van der Waals surface area contributed by atoms with Crippen molar-refractivity contribution in [3.8, 4) is 11.5 Å². The Bertz CT molecular complexity index is 615. The second-order valence-corrected chi connectivity index (χ2v) is 9.88. The van der Waals surface area contributed by atoms with E-state index in [9.17, 15) is 10.2 Å². The number of rotatable bonds is 14. The Morgan fingerprint density at radius 3 is 2.00 bits per heavy atom. The Labute approximate surface area is 180 Å². The fraction of sp³-hybridized carbons (Fsp3) is 0.704. The highest BCUT2D eigenvalue weighted by atomic mass is 16.3. The molecule has 2 N–H and O–H groups in total. The number of phenols is 2. The van der Waals surface area contributed by atoms with Crippen LogP contribution >= 0.6 is 0 Å². The molecule has 0 radical (unpaired) electrons. The lowest BCUT2D eigenvalue weighted by Crippen LogP contribution is -2.00. The Balaban J connectivity index is 2.21. The lowest BCUT2D eigenvalue weighted by atomic mass is 9.91. The second kappa shape index (κ2) is 13.7. The van der Waals surface area contributed by atoms with Crippen molar-refractivity contribution in [1.29, 1.82) is 0 Å². The number of hydrogen-bond acceptors (Lipinski definition) is 2. The van der Waals surface area contributed by atoms with Crippen LogP contribution in [0.4, 0.5) is 0 Å². The fourth-order valence-electron chi connectivity index (χ4n) is 4.08. The highest BCUT2D eigenvalue weighted by Gasteiger charge is 2.08. The van der Waals surface area contributed by atoms with Gasteiger partial charge in [0.1, 0.15) is 11.5 Å². The van der Waals surface area contributed by atoms with E-state index in [-0.39, 0.29) is 5.75 Å². The van der Waals surface area contributed by atoms with Gasteiger partial charge in [-0.25, -0.2) is 0 Å². The minimum Gasteiger partial charge on any atom is -0.508 e. The third-order valence-corrected chi connectivity index (χ3v) is 6.17. The van der Waals surface area contributed by atoms with Crippen molar-refractivity contribution in [3.63, 3.8) is 0 Å². The Hall–Kier alpha value is -1.44. The number of allylic oxidation sites excluding steroid dienone is 2. The maximum Gasteiger partial charge on any atom is 0.122 e. The fourth-order valence-corrected chi connectivity index (χ4v) is 4.08. The van der Waals surface area contributed by atoms with Crippen molar-refractivity contribution < 1.29 is 10.2 Å². The van der Waals surface area contributed by atoms with E-state index < -0.39 is 0 Å². The molecule has 0 saturated carbocycles. The Morgan fingerprint density at radius 2 is 1.41 bits per heavy atom. The summed E-state index contributed by atoms with van der Waals surface area (Å²) in [5.74, 6) is 3.06. The van der Waals surface area contributed by atoms with Gasteiger partial charge in [-0.05, 0) is 68.6 Å². The standard InChI is InChI=1S/C27H46O2/c1-20(2)10-7-11-21(3)12-8-13-22(4)14-9-15-23(5)16-17-25-19-26(28)18-24(6)27(25)29/h16,18-22,28-29H,7-15,17H2,1-6H3/b23-16+. The van der Waals surface area contributed by atoms with Gasteiger partial charge in [-0.1, -0.05) is 84.3 Å². The Kier molecular flexibility index (Phi) is 12.1. The highest BCUT2D eigenvalue weighted by Crippen LogP contribution is 2.28. The first-order chi connectivity index (χ1) is 13.7. The summed E-state index contributed by atoms with van der Waals surface area (Å²) in [6, 6.07) is 3.27. The smallest absolute Gasteiger partial charge is 0.122 e. The van der Waals surface area contributed by atoms with Crippen molar-refractivity contribution in [2.24, 2.45) is 17.8 Å². The molecule has 1 aromatic rings. The monoisotopic (exact) mass is 402 g/mol. The first kappa shape index (κ1) is 25.6. The van der Waals surface area contributed by atoms with Gasteiger partial charge in [0.2, 0.25) is 0 Å². The molecule has 0 spiro atoms. The molecule has 2 heteroatoms. The number of aryl methyl sites for hydroxylation is 1. The van der Waals surface area contributed by atoms with Crippen LogP contribution in [-0.2, 0) is 6.42 Å². The summed E-state index contributed by atoms with van der Waals surface area (Å²) in [5.41, 5.74) is 2.91. The largest absolute Gasteiger partial charge is 0.508 e. The summed E-state index contributed by atoms with van der Waals surface area (Å²) < 4.78 is 0. The van der Waals surface area contributed by atoms with Gasteiger partial charge >= 0.3 is 0 Å². The first-order valence-electron chi connectivity index (χ1n) is 11.9. The van der Waals surface area contributed by atoms with Crippen molar-refractivity contribution >= 4 is 0 Å². The maximum absolute atomic E-state index is 10.1. The van der Waals surface area contributed by atoms with Gasteiger partial charge in [-0.2, -0.15) is 0 Å². The number of hydrogen-bond donors (Lipinski definition) is 2. The lowest BCUT2D eigenvalue weighted by molar-refractivity contribution is 0.389. The van der Waals surface area contributed by atoms with Crippen LogP contribution in [0.1, 0.15) is 104 Å². The second-order valence-electron chi connectivity index (χ2n) is 9.88. The van der Waals surface area contributed by atoms with E-state index in [1.165, 1.54) is 56.9 Å². The van der Waals surface area contributed by atoms with Gasteiger partial charge < -0.3 is 10.2 Å². The summed E-state index contributed by atoms with van der Waals surface area (Å²) in [7, 11) is 0. The molecular weight excluding hydrogens is 356 g/mol. The predicted octanol–water partition coefficient (Wildman–Crippen LogP) is 8.33. The van der Waals surface area contributed by atoms with E-state index in [1.807, 2.05) is 6.92 Å². The van der Waals surface area contributed by atoms with Gasteiger partial charge in [-0.15, -0.1) is 0 Å². The van der Waals surface area contributed by atoms with Gasteiger partial charge in [-0.3, -0.25) is 0 Å². The molecule has 0 aliphatic rings. The minimum absolute atomic E-state index is 0.226. The molecular formula is C27H46O2. The van der Waals surface area contributed by atoms with Crippen LogP contribution in [-0.4, -0.2) is 10.2 Å². The highest BCUT2D eigenvalue weighted by molar-refractivity contribution is 5.46. The van der Waals surface area contributed by atoms with Gasteiger partial charge in [0.25, 0.3) is 0 Å². The third-order valence-electron chi connectivity index (χ3n) is 6.17. The number of phenolic OH excluding ortho intramolecular Hbond substituents is 2. The topological polar surface area (TPSA) is 40.5 Å². The normalized spacial score (nSPS) is 14.4. The zero-order valence-electron chi connectivity index (χ0n) is 19.9. The van der Waals surface area contributed by atoms with E-state index in [1.54, 1.807) is 12.1 Å². The Morgan fingerprint density at radius 1 is 0.862 bits per heavy atom.